The normalized spacial score (nSPS) is 11.8. The smallest absolute Gasteiger partial charge is 0.410 e. The quantitative estimate of drug-likeness (QED) is 0.245. The fourth-order valence-electron chi connectivity index (χ4n) is 4.25. The number of nitrogens with one attached hydrogen (secondary N) is 1. The van der Waals surface area contributed by atoms with Gasteiger partial charge in [-0.15, -0.1) is 0 Å². The zero-order valence-electron chi connectivity index (χ0n) is 21.0. The molecule has 0 fully saturated rings. The lowest BCUT2D eigenvalue weighted by atomic mass is 9.96. The molecule has 0 atom stereocenters. The van der Waals surface area contributed by atoms with Gasteiger partial charge in [0, 0.05) is 13.2 Å². The highest BCUT2D eigenvalue weighted by Gasteiger charge is 2.23. The molecule has 2 N–H and O–H groups in total. The van der Waals surface area contributed by atoms with E-state index < -0.39 is 5.60 Å². The summed E-state index contributed by atoms with van der Waals surface area (Å²) in [6, 6.07) is 19.0. The molecule has 0 aromatic heterocycles. The maximum absolute atomic E-state index is 13.2. The predicted octanol–water partition coefficient (Wildman–Crippen LogP) is 6.26. The van der Waals surface area contributed by atoms with Gasteiger partial charge in [-0.3, -0.25) is 0 Å². The molecule has 3 aromatic rings. The zero-order chi connectivity index (χ0) is 24.4. The number of fused-ring (bicyclic) bond motifs is 2. The summed E-state index contributed by atoms with van der Waals surface area (Å²) in [5.74, 6) is 0. The third-order valence-corrected chi connectivity index (χ3v) is 5.93. The van der Waals surface area contributed by atoms with E-state index in [9.17, 15) is 4.79 Å². The fraction of sp³-hybridized carbons (Fsp3) is 0.483. The average Bonchev–Trinajstić information content (AvgIpc) is 2.80. The Morgan fingerprint density at radius 3 is 2.06 bits per heavy atom. The van der Waals surface area contributed by atoms with Gasteiger partial charge in [0.1, 0.15) is 5.60 Å². The van der Waals surface area contributed by atoms with Crippen molar-refractivity contribution in [3.8, 4) is 0 Å². The second-order valence-electron chi connectivity index (χ2n) is 9.94. The monoisotopic (exact) mass is 464 g/mol. The molecule has 5 nitrogen and oxygen atoms in total. The van der Waals surface area contributed by atoms with Crippen LogP contribution in [-0.4, -0.2) is 47.9 Å². The highest BCUT2D eigenvalue weighted by Crippen LogP contribution is 2.30. The summed E-state index contributed by atoms with van der Waals surface area (Å²) in [6.07, 6.45) is 4.64. The van der Waals surface area contributed by atoms with E-state index in [4.69, 9.17) is 9.84 Å². The van der Waals surface area contributed by atoms with Crippen LogP contribution in [0.4, 0.5) is 4.79 Å². The van der Waals surface area contributed by atoms with E-state index in [1.807, 2.05) is 25.7 Å². The van der Waals surface area contributed by atoms with Gasteiger partial charge in [0.2, 0.25) is 0 Å². The van der Waals surface area contributed by atoms with E-state index in [1.54, 1.807) is 0 Å². The second-order valence-corrected chi connectivity index (χ2v) is 9.94. The molecule has 5 heteroatoms. The molecule has 0 saturated heterocycles. The first-order chi connectivity index (χ1) is 16.4. The van der Waals surface area contributed by atoms with E-state index in [1.165, 1.54) is 27.1 Å². The van der Waals surface area contributed by atoms with Crippen molar-refractivity contribution >= 4 is 27.6 Å². The Hall–Kier alpha value is -2.63. The van der Waals surface area contributed by atoms with Crippen molar-refractivity contribution in [2.24, 2.45) is 0 Å². The molecule has 0 aliphatic rings. The number of nitrogens with zero attached hydrogens (tertiary/aromatic N) is 1. The van der Waals surface area contributed by atoms with Crippen LogP contribution >= 0.6 is 0 Å². The van der Waals surface area contributed by atoms with Crippen molar-refractivity contribution < 1.29 is 14.6 Å². The number of unbranched alkanes of at least 4 members (excludes halogenated alkanes) is 3. The maximum atomic E-state index is 13.2. The van der Waals surface area contributed by atoms with Crippen molar-refractivity contribution in [2.45, 2.75) is 65.0 Å². The second kappa shape index (κ2) is 12.7. The number of aliphatic hydroxyl groups excluding tert-OH is 1. The van der Waals surface area contributed by atoms with Crippen molar-refractivity contribution in [3.63, 3.8) is 0 Å². The Kier molecular flexibility index (Phi) is 9.73. The summed E-state index contributed by atoms with van der Waals surface area (Å²) < 4.78 is 5.78. The molecule has 34 heavy (non-hydrogen) atoms. The van der Waals surface area contributed by atoms with Crippen LogP contribution in [0.15, 0.2) is 54.6 Å². The number of benzene rings is 3. The lowest BCUT2D eigenvalue weighted by molar-refractivity contribution is 0.0232. The first-order valence-corrected chi connectivity index (χ1v) is 12.6. The zero-order valence-corrected chi connectivity index (χ0v) is 21.0. The SMILES string of the molecule is CC(C)(C)OC(=O)N(CCCCCNCCCCO)Cc1c2ccccc2cc2ccccc12. The van der Waals surface area contributed by atoms with Gasteiger partial charge in [0.05, 0.1) is 6.54 Å². The third kappa shape index (κ3) is 7.71. The summed E-state index contributed by atoms with van der Waals surface area (Å²) >= 11 is 0. The molecule has 0 unspecified atom stereocenters. The summed E-state index contributed by atoms with van der Waals surface area (Å²) in [4.78, 5) is 15.0. The molecule has 184 valence electrons. The van der Waals surface area contributed by atoms with Gasteiger partial charge in [0.15, 0.2) is 0 Å². The van der Waals surface area contributed by atoms with E-state index in [2.05, 4.69) is 59.9 Å². The molecule has 0 aliphatic heterocycles. The number of hydrogen-bond acceptors (Lipinski definition) is 4. The lowest BCUT2D eigenvalue weighted by Gasteiger charge is -2.28. The standard InChI is InChI=1S/C29H40N2O3/c1-29(2,3)34-28(33)31(19-11-4-9-17-30-18-10-12-20-32)22-27-25-15-7-5-13-23(25)21-24-14-6-8-16-26(24)27/h5-8,13-16,21,30,32H,4,9-12,17-20,22H2,1-3H3. The Morgan fingerprint density at radius 1 is 0.882 bits per heavy atom. The molecule has 0 aliphatic carbocycles. The minimum absolute atomic E-state index is 0.258. The van der Waals surface area contributed by atoms with Crippen LogP contribution < -0.4 is 5.32 Å². The molecule has 3 aromatic carbocycles. The van der Waals surface area contributed by atoms with Gasteiger partial charge in [-0.2, -0.15) is 0 Å². The van der Waals surface area contributed by atoms with E-state index in [0.717, 1.165) is 45.2 Å². The largest absolute Gasteiger partial charge is 0.444 e. The van der Waals surface area contributed by atoms with Gasteiger partial charge in [-0.25, -0.2) is 4.79 Å². The number of carbonyl (C=O) groups is 1. The predicted molar refractivity (Wildman–Crippen MR) is 141 cm³/mol. The van der Waals surface area contributed by atoms with E-state index in [0.29, 0.717) is 13.1 Å². The van der Waals surface area contributed by atoms with Gasteiger partial charge in [-0.05, 0) is 92.7 Å². The Balaban J connectivity index is 1.73. The number of carbonyl (C=O) groups excluding carboxylic acids is 1. The first-order valence-electron chi connectivity index (χ1n) is 12.6. The minimum atomic E-state index is -0.533. The van der Waals surface area contributed by atoms with Crippen LogP contribution in [0.1, 0.15) is 58.4 Å². The van der Waals surface area contributed by atoms with Crippen LogP contribution in [-0.2, 0) is 11.3 Å². The molecule has 0 radical (unpaired) electrons. The molecule has 3 rings (SSSR count). The van der Waals surface area contributed by atoms with Gasteiger partial charge in [-0.1, -0.05) is 55.0 Å². The fourth-order valence-corrected chi connectivity index (χ4v) is 4.25. The first kappa shape index (κ1) is 26.0. The van der Waals surface area contributed by atoms with Crippen LogP contribution in [0.5, 0.6) is 0 Å². The molecule has 0 heterocycles. The Bertz CT molecular complexity index is 1000. The van der Waals surface area contributed by atoms with E-state index in [-0.39, 0.29) is 12.7 Å². The number of hydrogen-bond donors (Lipinski definition) is 2. The molecule has 0 spiro atoms. The van der Waals surface area contributed by atoms with Gasteiger partial charge < -0.3 is 20.1 Å². The molecular weight excluding hydrogens is 424 g/mol. The minimum Gasteiger partial charge on any atom is -0.444 e. The van der Waals surface area contributed by atoms with Crippen LogP contribution in [0.2, 0.25) is 0 Å². The van der Waals surface area contributed by atoms with Crippen LogP contribution in [0.3, 0.4) is 0 Å². The van der Waals surface area contributed by atoms with Crippen molar-refractivity contribution in [1.82, 2.24) is 10.2 Å². The Labute approximate surface area is 204 Å². The van der Waals surface area contributed by atoms with Gasteiger partial charge in [0.25, 0.3) is 0 Å². The summed E-state index contributed by atoms with van der Waals surface area (Å²) in [7, 11) is 0. The van der Waals surface area contributed by atoms with Crippen LogP contribution in [0.25, 0.3) is 21.5 Å². The molecular formula is C29H40N2O3. The summed E-state index contributed by atoms with van der Waals surface area (Å²) in [6.45, 7) is 9.10. The highest BCUT2D eigenvalue weighted by molar-refractivity contribution is 6.02. The third-order valence-electron chi connectivity index (χ3n) is 5.93. The summed E-state index contributed by atoms with van der Waals surface area (Å²) in [5.41, 5.74) is 0.638. The number of rotatable bonds is 12. The van der Waals surface area contributed by atoms with Crippen molar-refractivity contribution in [2.75, 3.05) is 26.2 Å². The summed E-state index contributed by atoms with van der Waals surface area (Å²) in [5, 5.41) is 17.0. The Morgan fingerprint density at radius 2 is 1.47 bits per heavy atom. The molecule has 0 saturated carbocycles. The van der Waals surface area contributed by atoms with E-state index >= 15 is 0 Å². The number of aliphatic hydroxyl groups is 1. The molecule has 0 bridgehead atoms. The highest BCUT2D eigenvalue weighted by atomic mass is 16.6. The molecule has 1 amide bonds. The average molecular weight is 465 g/mol. The maximum Gasteiger partial charge on any atom is 0.410 e. The topological polar surface area (TPSA) is 61.8 Å². The van der Waals surface area contributed by atoms with Crippen molar-refractivity contribution in [1.29, 1.82) is 0 Å². The van der Waals surface area contributed by atoms with Crippen LogP contribution in [0, 0.1) is 0 Å². The van der Waals surface area contributed by atoms with Crippen molar-refractivity contribution in [3.05, 3.63) is 60.2 Å². The number of amides is 1. The van der Waals surface area contributed by atoms with Gasteiger partial charge >= 0.3 is 6.09 Å². The number of ether oxygens (including phenoxy) is 1. The lowest BCUT2D eigenvalue weighted by Crippen LogP contribution is -2.37.